The van der Waals surface area contributed by atoms with Crippen molar-refractivity contribution in [2.24, 2.45) is 0 Å². The molecule has 4 atom stereocenters. The van der Waals surface area contributed by atoms with Crippen molar-refractivity contribution in [3.05, 3.63) is 23.0 Å². The van der Waals surface area contributed by atoms with Crippen LogP contribution in [0.3, 0.4) is 0 Å². The van der Waals surface area contributed by atoms with E-state index in [9.17, 15) is 14.4 Å². The lowest BCUT2D eigenvalue weighted by atomic mass is 10.1. The van der Waals surface area contributed by atoms with Crippen LogP contribution >= 0.6 is 0 Å². The van der Waals surface area contributed by atoms with Gasteiger partial charge in [0.2, 0.25) is 0 Å². The van der Waals surface area contributed by atoms with Gasteiger partial charge in [-0.3, -0.25) is 19.0 Å². The highest BCUT2D eigenvalue weighted by atomic mass is 16.8. The number of ether oxygens (including phenoxy) is 4. The van der Waals surface area contributed by atoms with Crippen molar-refractivity contribution < 1.29 is 28.5 Å². The summed E-state index contributed by atoms with van der Waals surface area (Å²) in [5.74, 6) is -2.04. The van der Waals surface area contributed by atoms with Crippen molar-refractivity contribution in [2.75, 3.05) is 13.2 Å². The van der Waals surface area contributed by atoms with Crippen molar-refractivity contribution >= 4 is 23.0 Å². The molecule has 0 bridgehead atoms. The number of amides is 1. The first-order valence-electron chi connectivity index (χ1n) is 9.15. The quantitative estimate of drug-likeness (QED) is 0.609. The number of fused-ring (bicyclic) bond motifs is 2. The predicted molar refractivity (Wildman–Crippen MR) is 95.5 cm³/mol. The normalized spacial score (nSPS) is 27.7. The summed E-state index contributed by atoms with van der Waals surface area (Å²) in [7, 11) is 0. The Bertz CT molecular complexity index is 999. The Morgan fingerprint density at radius 2 is 2.07 bits per heavy atom. The molecule has 0 aliphatic carbocycles. The molecule has 2 aliphatic heterocycles. The minimum Gasteiger partial charge on any atom is -0.465 e. The molecule has 0 radical (unpaired) electrons. The van der Waals surface area contributed by atoms with E-state index in [1.165, 1.54) is 17.2 Å². The highest BCUT2D eigenvalue weighted by molar-refractivity contribution is 5.86. The average Bonchev–Trinajstić information content (AvgIpc) is 3.31. The van der Waals surface area contributed by atoms with Crippen molar-refractivity contribution in [1.29, 1.82) is 0 Å². The van der Waals surface area contributed by atoms with E-state index in [-0.39, 0.29) is 18.7 Å². The van der Waals surface area contributed by atoms with Crippen molar-refractivity contribution in [3.63, 3.8) is 0 Å². The molecule has 0 aromatic carbocycles. The zero-order valence-corrected chi connectivity index (χ0v) is 16.1. The van der Waals surface area contributed by atoms with Crippen LogP contribution in [0, 0.1) is 0 Å². The maximum Gasteiger partial charge on any atom is 0.325 e. The number of imidazole rings is 1. The summed E-state index contributed by atoms with van der Waals surface area (Å²) in [6.07, 6.45) is -0.560. The smallest absolute Gasteiger partial charge is 0.325 e. The van der Waals surface area contributed by atoms with E-state index in [2.05, 4.69) is 20.3 Å². The molecule has 12 nitrogen and oxygen atoms in total. The molecule has 4 heterocycles. The highest BCUT2D eigenvalue weighted by Crippen LogP contribution is 2.43. The van der Waals surface area contributed by atoms with E-state index in [1.807, 2.05) is 0 Å². The second-order valence-electron chi connectivity index (χ2n) is 7.09. The van der Waals surface area contributed by atoms with Crippen LogP contribution in [-0.2, 0) is 28.5 Å². The highest BCUT2D eigenvalue weighted by Gasteiger charge is 2.58. The topological polar surface area (TPSA) is 147 Å². The summed E-state index contributed by atoms with van der Waals surface area (Å²) in [6, 6.07) is 0. The molecule has 2 saturated heterocycles. The Balaban J connectivity index is 1.61. The molecule has 2 aromatic heterocycles. The summed E-state index contributed by atoms with van der Waals surface area (Å²) >= 11 is 0. The molecular weight excluding hydrogens is 386 g/mol. The average molecular weight is 407 g/mol. The van der Waals surface area contributed by atoms with Gasteiger partial charge in [-0.05, 0) is 20.8 Å². The number of rotatable bonds is 5. The van der Waals surface area contributed by atoms with Crippen LogP contribution in [-0.4, -0.2) is 68.6 Å². The fourth-order valence-corrected chi connectivity index (χ4v) is 3.53. The molecule has 0 spiro atoms. The number of carbonyl (C=O) groups excluding carboxylic acids is 2. The van der Waals surface area contributed by atoms with E-state index in [0.29, 0.717) is 5.65 Å². The molecular formula is C17H21N5O7. The molecule has 2 N–H and O–H groups in total. The molecule has 29 heavy (non-hydrogen) atoms. The molecule has 1 amide bonds. The first-order valence-corrected chi connectivity index (χ1v) is 9.15. The van der Waals surface area contributed by atoms with Gasteiger partial charge in [-0.15, -0.1) is 0 Å². The van der Waals surface area contributed by atoms with Crippen LogP contribution < -0.4 is 10.9 Å². The fourth-order valence-electron chi connectivity index (χ4n) is 3.53. The molecule has 2 aromatic rings. The monoisotopic (exact) mass is 407 g/mol. The van der Waals surface area contributed by atoms with Crippen LogP contribution in [0.1, 0.15) is 27.0 Å². The Labute approximate surface area is 164 Å². The van der Waals surface area contributed by atoms with E-state index in [4.69, 9.17) is 18.9 Å². The van der Waals surface area contributed by atoms with E-state index < -0.39 is 47.8 Å². The molecule has 2 fully saturated rings. The fraction of sp³-hybridized carbons (Fsp3) is 0.588. The van der Waals surface area contributed by atoms with Gasteiger partial charge in [0.05, 0.1) is 19.3 Å². The van der Waals surface area contributed by atoms with Crippen LogP contribution in [0.15, 0.2) is 17.4 Å². The summed E-state index contributed by atoms with van der Waals surface area (Å²) < 4.78 is 24.1. The molecule has 156 valence electrons. The maximum absolute atomic E-state index is 12.7. The molecule has 12 heteroatoms. The van der Waals surface area contributed by atoms with Gasteiger partial charge in [-0.1, -0.05) is 0 Å². The number of hydrogen-bond donors (Lipinski definition) is 2. The number of H-pyrrole nitrogens is 1. The second kappa shape index (κ2) is 7.21. The maximum atomic E-state index is 12.7. The number of aromatic amines is 1. The molecule has 4 rings (SSSR count). The van der Waals surface area contributed by atoms with Gasteiger partial charge in [0.25, 0.3) is 11.5 Å². The van der Waals surface area contributed by atoms with Gasteiger partial charge in [0.1, 0.15) is 18.8 Å². The molecule has 4 unspecified atom stereocenters. The first kappa shape index (κ1) is 19.5. The van der Waals surface area contributed by atoms with Crippen LogP contribution in [0.5, 0.6) is 0 Å². The van der Waals surface area contributed by atoms with Gasteiger partial charge in [0.15, 0.2) is 29.3 Å². The predicted octanol–water partition coefficient (Wildman–Crippen LogP) is -0.784. The number of nitrogens with one attached hydrogen (secondary N) is 2. The van der Waals surface area contributed by atoms with Crippen LogP contribution in [0.25, 0.3) is 11.2 Å². The SMILES string of the molecule is CCOC(=O)CNC(=O)C1OC(n2cnc3c(=O)[nH]cnc32)C2OC(C)(C)OC12. The van der Waals surface area contributed by atoms with E-state index in [1.54, 1.807) is 20.8 Å². The molecule has 2 aliphatic rings. The third kappa shape index (κ3) is 3.50. The van der Waals surface area contributed by atoms with Gasteiger partial charge >= 0.3 is 5.97 Å². The second-order valence-corrected chi connectivity index (χ2v) is 7.09. The van der Waals surface area contributed by atoms with Crippen molar-refractivity contribution in [3.8, 4) is 0 Å². The van der Waals surface area contributed by atoms with Crippen molar-refractivity contribution in [2.45, 2.75) is 51.1 Å². The Kier molecular flexibility index (Phi) is 4.84. The van der Waals surface area contributed by atoms with Gasteiger partial charge in [-0.2, -0.15) is 0 Å². The van der Waals surface area contributed by atoms with Crippen molar-refractivity contribution in [1.82, 2.24) is 24.8 Å². The minimum absolute atomic E-state index is 0.140. The van der Waals surface area contributed by atoms with Crippen LogP contribution in [0.4, 0.5) is 0 Å². The minimum atomic E-state index is -1.04. The summed E-state index contributed by atoms with van der Waals surface area (Å²) in [5, 5.41) is 2.49. The summed E-state index contributed by atoms with van der Waals surface area (Å²) in [4.78, 5) is 46.8. The van der Waals surface area contributed by atoms with Crippen LogP contribution in [0.2, 0.25) is 0 Å². The summed E-state index contributed by atoms with van der Waals surface area (Å²) in [5.41, 5.74) is 0.0374. The Hall–Kier alpha value is -2.83. The number of nitrogens with zero attached hydrogens (tertiary/aromatic N) is 3. The lowest BCUT2D eigenvalue weighted by Gasteiger charge is -2.24. The first-order chi connectivity index (χ1) is 13.8. The lowest BCUT2D eigenvalue weighted by Crippen LogP contribution is -2.44. The van der Waals surface area contributed by atoms with Gasteiger partial charge in [-0.25, -0.2) is 9.97 Å². The summed E-state index contributed by atoms with van der Waals surface area (Å²) in [6.45, 7) is 5.06. The van der Waals surface area contributed by atoms with E-state index in [0.717, 1.165) is 0 Å². The molecule has 0 saturated carbocycles. The largest absolute Gasteiger partial charge is 0.465 e. The van der Waals surface area contributed by atoms with Gasteiger partial charge in [0, 0.05) is 0 Å². The number of esters is 1. The third-order valence-electron chi connectivity index (χ3n) is 4.64. The standard InChI is InChI=1S/C17H21N5O7/c1-4-26-8(23)5-18-15(25)11-10-12(29-17(2,3)28-10)16(27-11)22-7-21-9-13(22)19-6-20-14(9)24/h6-7,10-12,16H,4-5H2,1-3H3,(H,18,25)(H,19,20,24). The number of carbonyl (C=O) groups is 2. The zero-order chi connectivity index (χ0) is 20.8. The third-order valence-corrected chi connectivity index (χ3v) is 4.64. The Morgan fingerprint density at radius 1 is 1.31 bits per heavy atom. The lowest BCUT2D eigenvalue weighted by molar-refractivity contribution is -0.197. The van der Waals surface area contributed by atoms with Gasteiger partial charge < -0.3 is 29.2 Å². The van der Waals surface area contributed by atoms with E-state index >= 15 is 0 Å². The number of aromatic nitrogens is 4. The zero-order valence-electron chi connectivity index (χ0n) is 16.1. The number of hydrogen-bond acceptors (Lipinski definition) is 9. The Morgan fingerprint density at radius 3 is 2.83 bits per heavy atom.